The van der Waals surface area contributed by atoms with Gasteiger partial charge in [-0.2, -0.15) is 26.3 Å². The van der Waals surface area contributed by atoms with Crippen LogP contribution in [0.1, 0.15) is 58.8 Å². The van der Waals surface area contributed by atoms with Gasteiger partial charge in [-0.3, -0.25) is 4.98 Å². The van der Waals surface area contributed by atoms with Gasteiger partial charge in [-0.05, 0) is 44.4 Å². The van der Waals surface area contributed by atoms with Gasteiger partial charge in [-0.25, -0.2) is 4.39 Å². The van der Waals surface area contributed by atoms with E-state index in [1.54, 1.807) is 0 Å². The molecule has 1 aromatic carbocycles. The Morgan fingerprint density at radius 3 is 2.14 bits per heavy atom. The first-order valence-corrected chi connectivity index (χ1v) is 12.4. The van der Waals surface area contributed by atoms with Gasteiger partial charge in [0.2, 0.25) is 0 Å². The second kappa shape index (κ2) is 9.77. The Hall–Kier alpha value is -2.31. The Labute approximate surface area is 213 Å². The molecule has 0 bridgehead atoms. The summed E-state index contributed by atoms with van der Waals surface area (Å²) in [5, 5.41) is -0.149. The molecule has 0 fully saturated rings. The number of aromatic nitrogens is 2. The number of hydrogen-bond acceptors (Lipinski definition) is 3. The molecule has 0 spiro atoms. The van der Waals surface area contributed by atoms with Crippen LogP contribution in [0.25, 0.3) is 22.0 Å². The van der Waals surface area contributed by atoms with E-state index < -0.39 is 62.6 Å². The lowest BCUT2D eigenvalue weighted by Crippen LogP contribution is -2.45. The second-order valence-electron chi connectivity index (χ2n) is 11.0. The zero-order valence-electron chi connectivity index (χ0n) is 21.1. The van der Waals surface area contributed by atoms with E-state index in [0.717, 1.165) is 24.4 Å². The highest BCUT2D eigenvalue weighted by molar-refractivity contribution is 7.90. The molecule has 1 N–H and O–H groups in total. The van der Waals surface area contributed by atoms with Crippen LogP contribution in [0.15, 0.2) is 36.7 Å². The maximum atomic E-state index is 15.3. The molecule has 3 rings (SSSR count). The van der Waals surface area contributed by atoms with Gasteiger partial charge in [-0.15, -0.1) is 4.72 Å². The highest BCUT2D eigenvalue weighted by atomic mass is 32.2. The molecule has 37 heavy (non-hydrogen) atoms. The summed E-state index contributed by atoms with van der Waals surface area (Å²) in [6, 6.07) is 1.78. The van der Waals surface area contributed by atoms with Gasteiger partial charge in [0.25, 0.3) is 0 Å². The van der Waals surface area contributed by atoms with Crippen molar-refractivity contribution < 1.29 is 35.3 Å². The summed E-state index contributed by atoms with van der Waals surface area (Å²) in [6.45, 7) is 10.2. The van der Waals surface area contributed by atoms with E-state index in [-0.39, 0.29) is 23.0 Å². The SMILES string of the molecule is CC(C)(C)Cn1cc([C@H](N[S+]([O-])C(C)(C)C)C(F)(F)F)c2cc(F)c(-c3cccnc3C(F)(F)F)cc21. The molecule has 0 aliphatic heterocycles. The average molecular weight is 552 g/mol. The van der Waals surface area contributed by atoms with Crippen LogP contribution in [0, 0.1) is 11.2 Å². The molecule has 0 saturated carbocycles. The maximum absolute atomic E-state index is 15.3. The molecule has 3 aromatic rings. The van der Waals surface area contributed by atoms with E-state index in [1.807, 2.05) is 20.8 Å². The van der Waals surface area contributed by atoms with Crippen molar-refractivity contribution in [2.75, 3.05) is 0 Å². The number of halogens is 7. The number of hydrogen-bond donors (Lipinski definition) is 1. The number of alkyl halides is 6. The molecule has 12 heteroatoms. The fourth-order valence-electron chi connectivity index (χ4n) is 3.85. The zero-order valence-corrected chi connectivity index (χ0v) is 21.9. The summed E-state index contributed by atoms with van der Waals surface area (Å²) in [6.07, 6.45) is -7.65. The van der Waals surface area contributed by atoms with Crippen molar-refractivity contribution in [1.29, 1.82) is 0 Å². The Balaban J connectivity index is 2.32. The highest BCUT2D eigenvalue weighted by Crippen LogP contribution is 2.42. The molecular formula is C25H28F7N3OS. The number of fused-ring (bicyclic) bond motifs is 1. The maximum Gasteiger partial charge on any atom is 0.433 e. The first-order valence-electron chi connectivity index (χ1n) is 11.3. The van der Waals surface area contributed by atoms with Crippen molar-refractivity contribution >= 4 is 22.3 Å². The van der Waals surface area contributed by atoms with E-state index in [9.17, 15) is 30.9 Å². The van der Waals surface area contributed by atoms with Gasteiger partial charge in [-0.1, -0.05) is 26.8 Å². The smallest absolute Gasteiger partial charge is 0.433 e. The molecule has 1 unspecified atom stereocenters. The van der Waals surface area contributed by atoms with Crippen LogP contribution in [0.5, 0.6) is 0 Å². The van der Waals surface area contributed by atoms with Crippen LogP contribution in [0.3, 0.4) is 0 Å². The Morgan fingerprint density at radius 1 is 1.00 bits per heavy atom. The zero-order chi connectivity index (χ0) is 28.1. The van der Waals surface area contributed by atoms with Crippen molar-refractivity contribution in [3.63, 3.8) is 0 Å². The van der Waals surface area contributed by atoms with Gasteiger partial charge in [0.1, 0.15) is 10.6 Å². The first-order chi connectivity index (χ1) is 16.7. The average Bonchev–Trinajstić information content (AvgIpc) is 3.04. The summed E-state index contributed by atoms with van der Waals surface area (Å²) in [5.41, 5.74) is -2.99. The number of rotatable bonds is 5. The number of pyridine rings is 1. The number of nitrogens with one attached hydrogen (secondary N) is 1. The van der Waals surface area contributed by atoms with Gasteiger partial charge in [0.15, 0.2) is 11.7 Å². The van der Waals surface area contributed by atoms with Crippen LogP contribution in [-0.4, -0.2) is 25.0 Å². The molecule has 0 aliphatic carbocycles. The van der Waals surface area contributed by atoms with Crippen LogP contribution in [0.4, 0.5) is 30.7 Å². The molecule has 0 radical (unpaired) electrons. The van der Waals surface area contributed by atoms with Gasteiger partial charge >= 0.3 is 12.4 Å². The Kier molecular flexibility index (Phi) is 7.73. The lowest BCUT2D eigenvalue weighted by Gasteiger charge is -2.29. The van der Waals surface area contributed by atoms with E-state index in [2.05, 4.69) is 9.71 Å². The van der Waals surface area contributed by atoms with Crippen molar-refractivity contribution in [3.05, 3.63) is 53.7 Å². The molecule has 2 atom stereocenters. The number of benzene rings is 1. The second-order valence-corrected chi connectivity index (χ2v) is 13.0. The third kappa shape index (κ3) is 6.58. The third-order valence-corrected chi connectivity index (χ3v) is 6.99. The van der Waals surface area contributed by atoms with E-state index in [0.29, 0.717) is 0 Å². The molecule has 204 valence electrons. The normalized spacial score (nSPS) is 15.3. The van der Waals surface area contributed by atoms with Crippen LogP contribution in [0.2, 0.25) is 0 Å². The van der Waals surface area contributed by atoms with E-state index in [1.165, 1.54) is 37.6 Å². The Morgan fingerprint density at radius 2 is 1.62 bits per heavy atom. The summed E-state index contributed by atoms with van der Waals surface area (Å²) >= 11 is -2.13. The van der Waals surface area contributed by atoms with E-state index >= 15 is 4.39 Å². The molecule has 2 aromatic heterocycles. The van der Waals surface area contributed by atoms with Gasteiger partial charge in [0, 0.05) is 57.9 Å². The highest BCUT2D eigenvalue weighted by Gasteiger charge is 2.47. The summed E-state index contributed by atoms with van der Waals surface area (Å²) in [7, 11) is 0. The summed E-state index contributed by atoms with van der Waals surface area (Å²) in [4.78, 5) is 3.36. The largest absolute Gasteiger partial charge is 0.598 e. The van der Waals surface area contributed by atoms with Gasteiger partial charge < -0.3 is 9.12 Å². The van der Waals surface area contributed by atoms with Gasteiger partial charge in [0.05, 0.1) is 0 Å². The summed E-state index contributed by atoms with van der Waals surface area (Å²) in [5.74, 6) is -1.14. The number of nitrogens with zero attached hydrogens (tertiary/aromatic N) is 2. The van der Waals surface area contributed by atoms with Crippen LogP contribution < -0.4 is 4.72 Å². The molecule has 4 nitrogen and oxygen atoms in total. The molecule has 0 saturated heterocycles. The quantitative estimate of drug-likeness (QED) is 0.263. The molecule has 0 aliphatic rings. The minimum atomic E-state index is -4.90. The van der Waals surface area contributed by atoms with E-state index in [4.69, 9.17) is 0 Å². The lowest BCUT2D eigenvalue weighted by atomic mass is 9.96. The fourth-order valence-corrected chi connectivity index (χ4v) is 4.68. The molecular weight excluding hydrogens is 523 g/mol. The lowest BCUT2D eigenvalue weighted by molar-refractivity contribution is -0.152. The molecule has 0 amide bonds. The van der Waals surface area contributed by atoms with Crippen molar-refractivity contribution in [1.82, 2.24) is 14.3 Å². The molecule has 2 heterocycles. The van der Waals surface area contributed by atoms with Crippen molar-refractivity contribution in [3.8, 4) is 11.1 Å². The third-order valence-electron chi connectivity index (χ3n) is 5.43. The monoisotopic (exact) mass is 551 g/mol. The first kappa shape index (κ1) is 29.2. The van der Waals surface area contributed by atoms with Crippen LogP contribution >= 0.6 is 0 Å². The standard InChI is InChI=1S/C25H28F7N3OS/c1-22(2,3)13-35-12-17(21(25(30,31)32)34-37(36)23(4,5)6)16-10-18(26)15(11-19(16)35)14-8-7-9-33-20(14)24(27,28)29/h7-12,21,34H,13H2,1-6H3/t21-,37?/m0/s1. The fraction of sp³-hybridized carbons (Fsp3) is 0.480. The minimum Gasteiger partial charge on any atom is -0.598 e. The van der Waals surface area contributed by atoms with Crippen molar-refractivity contribution in [2.45, 2.75) is 71.2 Å². The minimum absolute atomic E-state index is 0.107. The van der Waals surface area contributed by atoms with Crippen LogP contribution in [-0.2, 0) is 24.1 Å². The topological polar surface area (TPSA) is 52.9 Å². The van der Waals surface area contributed by atoms with Crippen molar-refractivity contribution in [2.24, 2.45) is 5.41 Å². The summed E-state index contributed by atoms with van der Waals surface area (Å²) < 4.78 is 114. The predicted molar refractivity (Wildman–Crippen MR) is 129 cm³/mol. The predicted octanol–water partition coefficient (Wildman–Crippen LogP) is 7.56. The Bertz CT molecular complexity index is 1270.